The molecule has 0 aromatic carbocycles. The lowest BCUT2D eigenvalue weighted by Crippen LogP contribution is -2.45. The van der Waals surface area contributed by atoms with Crippen molar-refractivity contribution >= 4 is 0 Å². The Hall–Kier alpha value is -1.42. The Kier molecular flexibility index (Phi) is 25.2. The maximum absolute atomic E-state index is 7.00. The van der Waals surface area contributed by atoms with Crippen molar-refractivity contribution in [3.63, 3.8) is 0 Å². The van der Waals surface area contributed by atoms with Gasteiger partial charge in [-0.15, -0.1) is 0 Å². The van der Waals surface area contributed by atoms with Crippen LogP contribution in [0.1, 0.15) is 181 Å². The first-order chi connectivity index (χ1) is 23.1. The Balaban J connectivity index is 1.56. The molecule has 3 nitrogen and oxygen atoms in total. The number of hydrogen-bond donors (Lipinski definition) is 0. The highest BCUT2D eigenvalue weighted by atomic mass is 16.8. The topological polar surface area (TPSA) is 21.7 Å². The second-order valence-electron chi connectivity index (χ2n) is 14.6. The van der Waals surface area contributed by atoms with Gasteiger partial charge in [0, 0.05) is 25.9 Å². The molecule has 2 heterocycles. The minimum atomic E-state index is -0.305. The Labute approximate surface area is 293 Å². The largest absolute Gasteiger partial charge is 0.347 e. The second kappa shape index (κ2) is 28.4. The van der Waals surface area contributed by atoms with Crippen LogP contribution in [-0.4, -0.2) is 43.0 Å². The summed E-state index contributed by atoms with van der Waals surface area (Å²) in [6, 6.07) is 0. The van der Waals surface area contributed by atoms with E-state index < -0.39 is 0 Å². The molecule has 2 aliphatic heterocycles. The van der Waals surface area contributed by atoms with Gasteiger partial charge in [0.15, 0.2) is 5.79 Å². The number of rotatable bonds is 29. The summed E-state index contributed by atoms with van der Waals surface area (Å²) < 4.78 is 13.5. The van der Waals surface area contributed by atoms with Crippen LogP contribution < -0.4 is 0 Å². The molecule has 270 valence electrons. The lowest BCUT2D eigenvalue weighted by atomic mass is 9.90. The molecular formula is C44H77NO2. The molecule has 47 heavy (non-hydrogen) atoms. The monoisotopic (exact) mass is 652 g/mol. The molecule has 0 aromatic heterocycles. The first-order valence-electron chi connectivity index (χ1n) is 20.4. The third-order valence-electron chi connectivity index (χ3n) is 10.1. The highest BCUT2D eigenvalue weighted by Gasteiger charge is 2.50. The Bertz CT molecular complexity index is 862. The van der Waals surface area contributed by atoms with Crippen molar-refractivity contribution in [1.82, 2.24) is 4.90 Å². The zero-order chi connectivity index (χ0) is 33.6. The van der Waals surface area contributed by atoms with E-state index in [2.05, 4.69) is 86.6 Å². The number of unbranched alkanes of at least 4 members (excludes halogenated alkanes) is 15. The molecule has 2 rings (SSSR count). The summed E-state index contributed by atoms with van der Waals surface area (Å²) >= 11 is 0. The maximum Gasteiger partial charge on any atom is 0.171 e. The fourth-order valence-corrected chi connectivity index (χ4v) is 6.97. The summed E-state index contributed by atoms with van der Waals surface area (Å²) in [7, 11) is 2.22. The average Bonchev–Trinajstić information content (AvgIpc) is 3.43. The van der Waals surface area contributed by atoms with Crippen LogP contribution in [-0.2, 0) is 9.47 Å². The predicted octanol–water partition coefficient (Wildman–Crippen LogP) is 13.4. The van der Waals surface area contributed by atoms with Crippen LogP contribution in [0.25, 0.3) is 0 Å². The van der Waals surface area contributed by atoms with E-state index in [0.717, 1.165) is 58.2 Å². The van der Waals surface area contributed by atoms with Crippen molar-refractivity contribution in [2.45, 2.75) is 192 Å². The summed E-state index contributed by atoms with van der Waals surface area (Å²) in [4.78, 5) is 2.42. The third-order valence-corrected chi connectivity index (χ3v) is 10.1. The molecule has 1 atom stereocenters. The standard InChI is InChI=1S/C44H77NO2/c1-4-6-8-10-12-14-16-18-20-22-24-26-28-30-32-34-36-43(42-46-44(47-43)38-40-45(3)41-39-44)37-35-33-31-29-27-25-23-21-19-17-15-13-11-9-7-5-2/h6,8,12-15,18-21H,4-5,7,9-11,16-17,22-42H2,1-3H3/b8-6-,14-12-,15-13-,20-18-,21-19-. The summed E-state index contributed by atoms with van der Waals surface area (Å²) in [6.07, 6.45) is 55.7. The summed E-state index contributed by atoms with van der Waals surface area (Å²) in [5.74, 6) is -0.305. The highest BCUT2D eigenvalue weighted by Crippen LogP contribution is 2.43. The molecule has 0 amide bonds. The quantitative estimate of drug-likeness (QED) is 0.0593. The van der Waals surface area contributed by atoms with E-state index in [-0.39, 0.29) is 11.4 Å². The Morgan fingerprint density at radius 2 is 0.936 bits per heavy atom. The second-order valence-corrected chi connectivity index (χ2v) is 14.6. The van der Waals surface area contributed by atoms with Crippen LogP contribution in [0, 0.1) is 0 Å². The number of piperidine rings is 1. The molecule has 0 aromatic rings. The minimum absolute atomic E-state index is 0.0450. The van der Waals surface area contributed by atoms with Gasteiger partial charge in [0.2, 0.25) is 0 Å². The lowest BCUT2D eigenvalue weighted by Gasteiger charge is -2.38. The van der Waals surface area contributed by atoms with E-state index in [9.17, 15) is 0 Å². The molecule has 0 aliphatic carbocycles. The van der Waals surface area contributed by atoms with Gasteiger partial charge in [-0.1, -0.05) is 152 Å². The Morgan fingerprint density at radius 1 is 0.511 bits per heavy atom. The van der Waals surface area contributed by atoms with Crippen molar-refractivity contribution in [3.8, 4) is 0 Å². The van der Waals surface area contributed by atoms with E-state index in [1.165, 1.54) is 128 Å². The van der Waals surface area contributed by atoms with Crippen LogP contribution >= 0.6 is 0 Å². The van der Waals surface area contributed by atoms with Crippen LogP contribution in [0.4, 0.5) is 0 Å². The van der Waals surface area contributed by atoms with Crippen LogP contribution in [0.3, 0.4) is 0 Å². The first kappa shape index (κ1) is 41.7. The normalized spacial score (nSPS) is 20.6. The zero-order valence-corrected chi connectivity index (χ0v) is 31.5. The first-order valence-corrected chi connectivity index (χ1v) is 20.4. The fourth-order valence-electron chi connectivity index (χ4n) is 6.97. The summed E-state index contributed by atoms with van der Waals surface area (Å²) in [6.45, 7) is 7.44. The molecule has 0 saturated carbocycles. The number of ether oxygens (including phenoxy) is 2. The van der Waals surface area contributed by atoms with Gasteiger partial charge in [-0.3, -0.25) is 0 Å². The third kappa shape index (κ3) is 21.3. The maximum atomic E-state index is 7.00. The van der Waals surface area contributed by atoms with Gasteiger partial charge < -0.3 is 14.4 Å². The molecule has 1 spiro atoms. The van der Waals surface area contributed by atoms with E-state index in [1.807, 2.05) is 0 Å². The van der Waals surface area contributed by atoms with Gasteiger partial charge in [0.05, 0.1) is 12.2 Å². The molecule has 0 N–H and O–H groups in total. The summed E-state index contributed by atoms with van der Waals surface area (Å²) in [5, 5.41) is 0. The van der Waals surface area contributed by atoms with E-state index in [0.29, 0.717) is 0 Å². The van der Waals surface area contributed by atoms with E-state index >= 15 is 0 Å². The van der Waals surface area contributed by atoms with Crippen molar-refractivity contribution in [1.29, 1.82) is 0 Å². The number of nitrogens with zero attached hydrogens (tertiary/aromatic N) is 1. The lowest BCUT2D eigenvalue weighted by molar-refractivity contribution is -0.212. The van der Waals surface area contributed by atoms with Crippen LogP contribution in [0.15, 0.2) is 60.8 Å². The fraction of sp³-hybridized carbons (Fsp3) is 0.773. The van der Waals surface area contributed by atoms with Crippen LogP contribution in [0.2, 0.25) is 0 Å². The smallest absolute Gasteiger partial charge is 0.171 e. The Morgan fingerprint density at radius 3 is 1.43 bits per heavy atom. The molecule has 0 bridgehead atoms. The summed E-state index contributed by atoms with van der Waals surface area (Å²) in [5.41, 5.74) is -0.0450. The highest BCUT2D eigenvalue weighted by molar-refractivity contribution is 4.97. The minimum Gasteiger partial charge on any atom is -0.347 e. The number of hydrogen-bond acceptors (Lipinski definition) is 3. The molecule has 2 saturated heterocycles. The zero-order valence-electron chi connectivity index (χ0n) is 31.5. The van der Waals surface area contributed by atoms with Gasteiger partial charge in [-0.05, 0) is 84.1 Å². The van der Waals surface area contributed by atoms with Gasteiger partial charge in [-0.2, -0.15) is 0 Å². The molecule has 0 radical (unpaired) electrons. The SMILES string of the molecule is CC/C=C\C/C=C\C/C=C\CCCCCCCCC1(CCCCCCCC/C=C\C/C=C\CCCCC)COC2(CCN(C)CC2)O1. The van der Waals surface area contributed by atoms with E-state index in [4.69, 9.17) is 9.47 Å². The van der Waals surface area contributed by atoms with Crippen molar-refractivity contribution in [3.05, 3.63) is 60.8 Å². The molecule has 2 fully saturated rings. The van der Waals surface area contributed by atoms with Crippen molar-refractivity contribution in [2.75, 3.05) is 26.7 Å². The number of likely N-dealkylation sites (tertiary alicyclic amines) is 1. The molecule has 1 unspecified atom stereocenters. The van der Waals surface area contributed by atoms with Crippen molar-refractivity contribution in [2.24, 2.45) is 0 Å². The van der Waals surface area contributed by atoms with Gasteiger partial charge in [0.25, 0.3) is 0 Å². The molecular weight excluding hydrogens is 574 g/mol. The van der Waals surface area contributed by atoms with Gasteiger partial charge in [-0.25, -0.2) is 0 Å². The van der Waals surface area contributed by atoms with Crippen molar-refractivity contribution < 1.29 is 9.47 Å². The van der Waals surface area contributed by atoms with Gasteiger partial charge in [0.1, 0.15) is 0 Å². The van der Waals surface area contributed by atoms with E-state index in [1.54, 1.807) is 0 Å². The van der Waals surface area contributed by atoms with Crippen LogP contribution in [0.5, 0.6) is 0 Å². The van der Waals surface area contributed by atoms with Gasteiger partial charge >= 0.3 is 0 Å². The average molecular weight is 652 g/mol. The number of allylic oxidation sites excluding steroid dienone is 10. The predicted molar refractivity (Wildman–Crippen MR) is 207 cm³/mol. The molecule has 3 heteroatoms. The molecule has 2 aliphatic rings.